The maximum absolute atomic E-state index is 13.0. The second-order valence-electron chi connectivity index (χ2n) is 6.55. The molecule has 2 rings (SSSR count). The fourth-order valence-electron chi connectivity index (χ4n) is 3.23. The zero-order valence-corrected chi connectivity index (χ0v) is 15.2. The summed E-state index contributed by atoms with van der Waals surface area (Å²) in [7, 11) is -0.696. The van der Waals surface area contributed by atoms with Crippen LogP contribution in [0.25, 0.3) is 0 Å². The number of nitrogens with zero attached hydrogens (tertiary/aromatic N) is 2. The van der Waals surface area contributed by atoms with Gasteiger partial charge in [0, 0.05) is 20.1 Å². The van der Waals surface area contributed by atoms with Gasteiger partial charge >= 0.3 is 0 Å². The lowest BCUT2D eigenvalue weighted by atomic mass is 9.85. The van der Waals surface area contributed by atoms with Crippen LogP contribution >= 0.6 is 0 Å². The molecule has 2 unspecified atom stereocenters. The number of hydrogen-bond donors (Lipinski definition) is 0. The summed E-state index contributed by atoms with van der Waals surface area (Å²) < 4.78 is 38.9. The number of benzene rings is 1. The lowest BCUT2D eigenvalue weighted by molar-refractivity contribution is -0.133. The molecule has 0 aromatic heterocycles. The molecule has 0 spiro atoms. The Morgan fingerprint density at radius 3 is 2.33 bits per heavy atom. The van der Waals surface area contributed by atoms with Crippen molar-refractivity contribution in [1.29, 1.82) is 0 Å². The molecule has 0 N–H and O–H groups in total. The highest BCUT2D eigenvalue weighted by molar-refractivity contribution is 7.89. The molecule has 1 aliphatic rings. The second-order valence-corrected chi connectivity index (χ2v) is 8.59. The van der Waals surface area contributed by atoms with Crippen molar-refractivity contribution in [3.63, 3.8) is 0 Å². The average Bonchev–Trinajstić information content (AvgIpc) is 2.55. The van der Waals surface area contributed by atoms with E-state index in [1.54, 1.807) is 11.9 Å². The largest absolute Gasteiger partial charge is 0.341 e. The van der Waals surface area contributed by atoms with E-state index < -0.39 is 15.8 Å². The summed E-state index contributed by atoms with van der Waals surface area (Å²) in [6.07, 6.45) is 4.32. The Labute approximate surface area is 143 Å². The minimum absolute atomic E-state index is 0.0205. The van der Waals surface area contributed by atoms with Crippen LogP contribution in [0.2, 0.25) is 0 Å². The Bertz CT molecular complexity index is 676. The number of halogens is 1. The molecule has 2 atom stereocenters. The van der Waals surface area contributed by atoms with Crippen LogP contribution in [0.4, 0.5) is 4.39 Å². The van der Waals surface area contributed by atoms with Crippen molar-refractivity contribution >= 4 is 15.9 Å². The number of sulfonamides is 1. The molecule has 0 bridgehead atoms. The van der Waals surface area contributed by atoms with Gasteiger partial charge in [-0.15, -0.1) is 0 Å². The number of likely N-dealkylation sites (N-methyl/N-ethyl adjacent to an activating group) is 2. The third-order valence-corrected chi connectivity index (χ3v) is 6.65. The number of amides is 1. The minimum atomic E-state index is -3.81. The third-order valence-electron chi connectivity index (χ3n) is 4.84. The highest BCUT2D eigenvalue weighted by Gasteiger charge is 2.30. The predicted molar refractivity (Wildman–Crippen MR) is 90.4 cm³/mol. The van der Waals surface area contributed by atoms with E-state index in [9.17, 15) is 17.6 Å². The summed E-state index contributed by atoms with van der Waals surface area (Å²) in [6.45, 7) is 1.91. The SMILES string of the molecule is CC1CCCCC1N(C)C(=O)CN(C)S(=O)(=O)c1ccc(F)cc1. The van der Waals surface area contributed by atoms with E-state index in [1.165, 1.54) is 25.6 Å². The number of rotatable bonds is 5. The predicted octanol–water partition coefficient (Wildman–Crippen LogP) is 2.48. The smallest absolute Gasteiger partial charge is 0.243 e. The molecule has 1 aromatic rings. The molecule has 1 fully saturated rings. The van der Waals surface area contributed by atoms with Crippen LogP contribution in [0.5, 0.6) is 0 Å². The molecule has 0 aliphatic heterocycles. The van der Waals surface area contributed by atoms with Crippen LogP contribution < -0.4 is 0 Å². The van der Waals surface area contributed by atoms with Crippen molar-refractivity contribution in [2.75, 3.05) is 20.6 Å². The van der Waals surface area contributed by atoms with Gasteiger partial charge in [-0.25, -0.2) is 12.8 Å². The topological polar surface area (TPSA) is 57.7 Å². The Balaban J connectivity index is 2.06. The van der Waals surface area contributed by atoms with Crippen molar-refractivity contribution in [2.45, 2.75) is 43.5 Å². The number of hydrogen-bond acceptors (Lipinski definition) is 3. The Morgan fingerprint density at radius 1 is 1.17 bits per heavy atom. The highest BCUT2D eigenvalue weighted by Crippen LogP contribution is 2.27. The maximum Gasteiger partial charge on any atom is 0.243 e. The van der Waals surface area contributed by atoms with Crippen LogP contribution in [-0.2, 0) is 14.8 Å². The van der Waals surface area contributed by atoms with Gasteiger partial charge in [0.15, 0.2) is 0 Å². The van der Waals surface area contributed by atoms with Crippen LogP contribution in [0.15, 0.2) is 29.2 Å². The normalized spacial score (nSPS) is 21.7. The summed E-state index contributed by atoms with van der Waals surface area (Å²) in [5, 5.41) is 0. The fourth-order valence-corrected chi connectivity index (χ4v) is 4.35. The molecule has 0 heterocycles. The summed E-state index contributed by atoms with van der Waals surface area (Å²) >= 11 is 0. The molecular weight excluding hydrogens is 331 g/mol. The maximum atomic E-state index is 13.0. The molecule has 1 amide bonds. The van der Waals surface area contributed by atoms with E-state index in [0.717, 1.165) is 35.7 Å². The second kappa shape index (κ2) is 7.61. The highest BCUT2D eigenvalue weighted by atomic mass is 32.2. The van der Waals surface area contributed by atoms with Crippen molar-refractivity contribution in [2.24, 2.45) is 5.92 Å². The molecular formula is C17H25FN2O3S. The first-order chi connectivity index (χ1) is 11.2. The van der Waals surface area contributed by atoms with E-state index in [-0.39, 0.29) is 23.4 Å². The summed E-state index contributed by atoms with van der Waals surface area (Å²) in [5.74, 6) is -0.299. The Morgan fingerprint density at radius 2 is 1.75 bits per heavy atom. The van der Waals surface area contributed by atoms with Gasteiger partial charge in [-0.3, -0.25) is 4.79 Å². The first kappa shape index (κ1) is 18.9. The van der Waals surface area contributed by atoms with Crippen molar-refractivity contribution < 1.29 is 17.6 Å². The van der Waals surface area contributed by atoms with Crippen LogP contribution in [0.1, 0.15) is 32.6 Å². The van der Waals surface area contributed by atoms with E-state index in [4.69, 9.17) is 0 Å². The van der Waals surface area contributed by atoms with Gasteiger partial charge in [-0.05, 0) is 43.0 Å². The average molecular weight is 356 g/mol. The first-order valence-electron chi connectivity index (χ1n) is 8.21. The summed E-state index contributed by atoms with van der Waals surface area (Å²) in [4.78, 5) is 14.2. The molecule has 1 saturated carbocycles. The number of carbonyl (C=O) groups is 1. The summed E-state index contributed by atoms with van der Waals surface area (Å²) in [6, 6.07) is 4.77. The molecule has 134 valence electrons. The van der Waals surface area contributed by atoms with E-state index in [1.807, 2.05) is 0 Å². The van der Waals surface area contributed by atoms with E-state index >= 15 is 0 Å². The minimum Gasteiger partial charge on any atom is -0.341 e. The first-order valence-corrected chi connectivity index (χ1v) is 9.65. The summed E-state index contributed by atoms with van der Waals surface area (Å²) in [5.41, 5.74) is 0. The zero-order valence-electron chi connectivity index (χ0n) is 14.4. The fraction of sp³-hybridized carbons (Fsp3) is 0.588. The molecule has 1 aliphatic carbocycles. The van der Waals surface area contributed by atoms with Crippen molar-refractivity contribution in [3.05, 3.63) is 30.1 Å². The van der Waals surface area contributed by atoms with Crippen LogP contribution in [0, 0.1) is 11.7 Å². The standard InChI is InChI=1S/C17H25FN2O3S/c1-13-6-4-5-7-16(13)20(3)17(21)12-19(2)24(22,23)15-10-8-14(18)9-11-15/h8-11,13,16H,4-7,12H2,1-3H3. The molecule has 1 aromatic carbocycles. The van der Waals surface area contributed by atoms with Crippen LogP contribution in [-0.4, -0.2) is 50.2 Å². The van der Waals surface area contributed by atoms with Gasteiger partial charge in [-0.1, -0.05) is 19.8 Å². The Kier molecular flexibility index (Phi) is 5.98. The van der Waals surface area contributed by atoms with Crippen molar-refractivity contribution in [3.8, 4) is 0 Å². The van der Waals surface area contributed by atoms with Crippen LogP contribution in [0.3, 0.4) is 0 Å². The number of carbonyl (C=O) groups excluding carboxylic acids is 1. The van der Waals surface area contributed by atoms with E-state index in [0.29, 0.717) is 5.92 Å². The van der Waals surface area contributed by atoms with Gasteiger partial charge in [0.2, 0.25) is 15.9 Å². The molecule has 5 nitrogen and oxygen atoms in total. The molecule has 7 heteroatoms. The molecule has 0 saturated heterocycles. The van der Waals surface area contributed by atoms with E-state index in [2.05, 4.69) is 6.92 Å². The van der Waals surface area contributed by atoms with Crippen molar-refractivity contribution in [1.82, 2.24) is 9.21 Å². The monoisotopic (exact) mass is 356 g/mol. The quantitative estimate of drug-likeness (QED) is 0.814. The molecule has 24 heavy (non-hydrogen) atoms. The van der Waals surface area contributed by atoms with Gasteiger partial charge in [-0.2, -0.15) is 4.31 Å². The molecule has 0 radical (unpaired) electrons. The lowest BCUT2D eigenvalue weighted by Gasteiger charge is -2.36. The van der Waals surface area contributed by atoms with Gasteiger partial charge in [0.25, 0.3) is 0 Å². The lowest BCUT2D eigenvalue weighted by Crippen LogP contribution is -2.47. The van der Waals surface area contributed by atoms with Gasteiger partial charge in [0.1, 0.15) is 5.82 Å². The Hall–Kier alpha value is -1.47. The third kappa shape index (κ3) is 4.13. The van der Waals surface area contributed by atoms with Gasteiger partial charge in [0.05, 0.1) is 11.4 Å². The van der Waals surface area contributed by atoms with Gasteiger partial charge < -0.3 is 4.90 Å². The zero-order chi connectivity index (χ0) is 17.9.